The highest BCUT2D eigenvalue weighted by atomic mass is 32.1. The Morgan fingerprint density at radius 3 is 2.52 bits per heavy atom. The van der Waals surface area contributed by atoms with Crippen molar-refractivity contribution in [2.24, 2.45) is 0 Å². The van der Waals surface area contributed by atoms with E-state index in [9.17, 15) is 9.59 Å². The Kier molecular flexibility index (Phi) is 5.34. The van der Waals surface area contributed by atoms with Crippen molar-refractivity contribution in [1.82, 2.24) is 10.9 Å². The van der Waals surface area contributed by atoms with E-state index in [-0.39, 0.29) is 11.8 Å². The van der Waals surface area contributed by atoms with Crippen molar-refractivity contribution >= 4 is 23.2 Å². The third kappa shape index (κ3) is 4.32. The van der Waals surface area contributed by atoms with Gasteiger partial charge in [-0.3, -0.25) is 20.4 Å². The molecule has 0 aliphatic heterocycles. The van der Waals surface area contributed by atoms with Gasteiger partial charge < -0.3 is 4.74 Å². The normalized spacial score (nSPS) is 11.5. The molecule has 2 aromatic rings. The van der Waals surface area contributed by atoms with Gasteiger partial charge >= 0.3 is 0 Å². The fraction of sp³-hybridized carbons (Fsp3) is 0.200. The second-order valence-electron chi connectivity index (χ2n) is 4.25. The molecular weight excluding hydrogens is 288 g/mol. The van der Waals surface area contributed by atoms with E-state index < -0.39 is 6.10 Å². The summed E-state index contributed by atoms with van der Waals surface area (Å²) in [5.41, 5.74) is 4.76. The van der Waals surface area contributed by atoms with Crippen molar-refractivity contribution in [3.05, 3.63) is 52.7 Å². The number of hydrazine groups is 1. The molecule has 0 aliphatic carbocycles. The van der Waals surface area contributed by atoms with Crippen LogP contribution in [0.3, 0.4) is 0 Å². The maximum absolute atomic E-state index is 12.0. The average Bonchev–Trinajstić information content (AvgIpc) is 3.05. The Labute approximate surface area is 126 Å². The van der Waals surface area contributed by atoms with Crippen LogP contribution in [0.1, 0.15) is 23.0 Å². The van der Waals surface area contributed by atoms with Gasteiger partial charge in [-0.1, -0.05) is 31.2 Å². The summed E-state index contributed by atoms with van der Waals surface area (Å²) < 4.78 is 5.59. The predicted molar refractivity (Wildman–Crippen MR) is 81.1 cm³/mol. The SMILES string of the molecule is CCC(Oc1ccccc1)C(=O)NNC(=O)c1cccs1. The molecule has 1 unspecified atom stereocenters. The number of benzene rings is 1. The Hall–Kier alpha value is -2.34. The summed E-state index contributed by atoms with van der Waals surface area (Å²) in [5, 5.41) is 1.80. The molecule has 0 fully saturated rings. The predicted octanol–water partition coefficient (Wildman–Crippen LogP) is 2.37. The molecule has 2 amide bonds. The maximum Gasteiger partial charge on any atom is 0.279 e. The highest BCUT2D eigenvalue weighted by molar-refractivity contribution is 7.12. The highest BCUT2D eigenvalue weighted by Gasteiger charge is 2.19. The van der Waals surface area contributed by atoms with E-state index in [1.807, 2.05) is 25.1 Å². The lowest BCUT2D eigenvalue weighted by Gasteiger charge is -2.17. The topological polar surface area (TPSA) is 67.4 Å². The van der Waals surface area contributed by atoms with Crippen LogP contribution in [0.2, 0.25) is 0 Å². The molecule has 6 heteroatoms. The van der Waals surface area contributed by atoms with Gasteiger partial charge in [0.25, 0.3) is 11.8 Å². The van der Waals surface area contributed by atoms with Crippen molar-refractivity contribution in [3.63, 3.8) is 0 Å². The van der Waals surface area contributed by atoms with E-state index >= 15 is 0 Å². The minimum atomic E-state index is -0.656. The quantitative estimate of drug-likeness (QED) is 0.833. The molecule has 1 aromatic heterocycles. The zero-order valence-corrected chi connectivity index (χ0v) is 12.4. The smallest absolute Gasteiger partial charge is 0.279 e. The van der Waals surface area contributed by atoms with Gasteiger partial charge in [0.15, 0.2) is 6.10 Å². The van der Waals surface area contributed by atoms with E-state index in [0.29, 0.717) is 17.0 Å². The Morgan fingerprint density at radius 1 is 1.14 bits per heavy atom. The van der Waals surface area contributed by atoms with Crippen LogP contribution in [0.15, 0.2) is 47.8 Å². The average molecular weight is 304 g/mol. The molecule has 0 spiro atoms. The Bertz CT molecular complexity index is 584. The molecule has 0 saturated heterocycles. The number of thiophene rings is 1. The van der Waals surface area contributed by atoms with Crippen LogP contribution in [0.4, 0.5) is 0 Å². The van der Waals surface area contributed by atoms with Crippen molar-refractivity contribution in [2.45, 2.75) is 19.4 Å². The summed E-state index contributed by atoms with van der Waals surface area (Å²) in [6, 6.07) is 12.5. The third-order valence-electron chi connectivity index (χ3n) is 2.73. The molecule has 21 heavy (non-hydrogen) atoms. The molecule has 110 valence electrons. The van der Waals surface area contributed by atoms with Gasteiger partial charge in [-0.25, -0.2) is 0 Å². The summed E-state index contributed by atoms with van der Waals surface area (Å²) in [5.74, 6) is -0.108. The zero-order chi connectivity index (χ0) is 15.1. The van der Waals surface area contributed by atoms with Crippen LogP contribution < -0.4 is 15.6 Å². The molecule has 0 aliphatic rings. The first kappa shape index (κ1) is 15.1. The van der Waals surface area contributed by atoms with Crippen molar-refractivity contribution in [3.8, 4) is 5.75 Å². The van der Waals surface area contributed by atoms with Crippen LogP contribution >= 0.6 is 11.3 Å². The number of rotatable bonds is 5. The molecule has 0 radical (unpaired) electrons. The standard InChI is InChI=1S/C15H16N2O3S/c1-2-12(20-11-7-4-3-5-8-11)14(18)16-17-15(19)13-9-6-10-21-13/h3-10,12H,2H2,1H3,(H,16,18)(H,17,19). The minimum Gasteiger partial charge on any atom is -0.481 e. The first-order valence-corrected chi connectivity index (χ1v) is 7.44. The number of nitrogens with one attached hydrogen (secondary N) is 2. The summed E-state index contributed by atoms with van der Waals surface area (Å²) in [6.07, 6.45) is -0.161. The lowest BCUT2D eigenvalue weighted by Crippen LogP contribution is -2.47. The Balaban J connectivity index is 1.87. The number of hydrogen-bond donors (Lipinski definition) is 2. The lowest BCUT2D eigenvalue weighted by molar-refractivity contribution is -0.128. The van der Waals surface area contributed by atoms with E-state index in [2.05, 4.69) is 10.9 Å². The van der Waals surface area contributed by atoms with Crippen LogP contribution in [0.5, 0.6) is 5.75 Å². The zero-order valence-electron chi connectivity index (χ0n) is 11.5. The van der Waals surface area contributed by atoms with Gasteiger partial charge in [-0.05, 0) is 30.0 Å². The highest BCUT2D eigenvalue weighted by Crippen LogP contribution is 2.12. The number of amides is 2. The molecule has 1 heterocycles. The monoisotopic (exact) mass is 304 g/mol. The number of para-hydroxylation sites is 1. The van der Waals surface area contributed by atoms with Crippen LogP contribution in [0, 0.1) is 0 Å². The van der Waals surface area contributed by atoms with Crippen LogP contribution in [-0.4, -0.2) is 17.9 Å². The van der Waals surface area contributed by atoms with E-state index in [1.54, 1.807) is 29.6 Å². The van der Waals surface area contributed by atoms with Crippen molar-refractivity contribution < 1.29 is 14.3 Å². The first-order chi connectivity index (χ1) is 10.2. The third-order valence-corrected chi connectivity index (χ3v) is 3.60. The van der Waals surface area contributed by atoms with Crippen molar-refractivity contribution in [1.29, 1.82) is 0 Å². The van der Waals surface area contributed by atoms with Gasteiger partial charge in [0.05, 0.1) is 4.88 Å². The molecular formula is C15H16N2O3S. The fourth-order valence-electron chi connectivity index (χ4n) is 1.65. The molecule has 1 aromatic carbocycles. The van der Waals surface area contributed by atoms with Crippen LogP contribution in [0.25, 0.3) is 0 Å². The molecule has 0 saturated carbocycles. The number of hydrogen-bond acceptors (Lipinski definition) is 4. The number of carbonyl (C=O) groups is 2. The van der Waals surface area contributed by atoms with Gasteiger partial charge in [0.1, 0.15) is 5.75 Å². The summed E-state index contributed by atoms with van der Waals surface area (Å²) in [7, 11) is 0. The van der Waals surface area contributed by atoms with E-state index in [0.717, 1.165) is 0 Å². The molecule has 5 nitrogen and oxygen atoms in total. The van der Waals surface area contributed by atoms with Gasteiger partial charge in [0, 0.05) is 0 Å². The molecule has 2 rings (SSSR count). The maximum atomic E-state index is 12.0. The van der Waals surface area contributed by atoms with Crippen LogP contribution in [-0.2, 0) is 4.79 Å². The second kappa shape index (κ2) is 7.44. The lowest BCUT2D eigenvalue weighted by atomic mass is 10.2. The number of carbonyl (C=O) groups excluding carboxylic acids is 2. The summed E-state index contributed by atoms with van der Waals surface area (Å²) in [4.78, 5) is 24.3. The van der Waals surface area contributed by atoms with Gasteiger partial charge in [0.2, 0.25) is 0 Å². The Morgan fingerprint density at radius 2 is 1.90 bits per heavy atom. The molecule has 0 bridgehead atoms. The van der Waals surface area contributed by atoms with E-state index in [1.165, 1.54) is 11.3 Å². The molecule has 2 N–H and O–H groups in total. The number of ether oxygens (including phenoxy) is 1. The summed E-state index contributed by atoms with van der Waals surface area (Å²) in [6.45, 7) is 1.84. The second-order valence-corrected chi connectivity index (χ2v) is 5.20. The van der Waals surface area contributed by atoms with E-state index in [4.69, 9.17) is 4.74 Å². The van der Waals surface area contributed by atoms with Gasteiger partial charge in [-0.2, -0.15) is 0 Å². The minimum absolute atomic E-state index is 0.340. The van der Waals surface area contributed by atoms with Gasteiger partial charge in [-0.15, -0.1) is 11.3 Å². The molecule has 1 atom stereocenters. The largest absolute Gasteiger partial charge is 0.481 e. The first-order valence-electron chi connectivity index (χ1n) is 6.56. The summed E-state index contributed by atoms with van der Waals surface area (Å²) >= 11 is 1.30. The van der Waals surface area contributed by atoms with Crippen molar-refractivity contribution in [2.75, 3.05) is 0 Å². The fourth-order valence-corrected chi connectivity index (χ4v) is 2.27.